The van der Waals surface area contributed by atoms with E-state index >= 15 is 0 Å². The second-order valence-electron chi connectivity index (χ2n) is 4.85. The number of rotatable bonds is 5. The maximum absolute atomic E-state index is 12.1. The summed E-state index contributed by atoms with van der Waals surface area (Å²) in [7, 11) is 0. The van der Waals surface area contributed by atoms with E-state index in [1.165, 1.54) is 11.1 Å². The average molecular weight is 332 g/mol. The van der Waals surface area contributed by atoms with Crippen molar-refractivity contribution in [2.45, 2.75) is 18.2 Å². The Morgan fingerprint density at radius 3 is 2.35 bits per heavy atom. The maximum atomic E-state index is 12.1. The predicted molar refractivity (Wildman–Crippen MR) is 86.3 cm³/mol. The lowest BCUT2D eigenvalue weighted by atomic mass is 10.0. The molecule has 2 aromatic rings. The van der Waals surface area contributed by atoms with Gasteiger partial charge in [0.1, 0.15) is 0 Å². The molecule has 1 amide bonds. The molecule has 0 heterocycles. The minimum atomic E-state index is -0.0195. The highest BCUT2D eigenvalue weighted by atomic mass is 79.9. The smallest absolute Gasteiger partial charge is 0.251 e. The normalized spacial score (nSPS) is 11.9. The molecule has 1 atom stereocenters. The molecule has 2 nitrogen and oxygen atoms in total. The number of benzene rings is 2. The average Bonchev–Trinajstić information content (AvgIpc) is 2.53. The van der Waals surface area contributed by atoms with Crippen molar-refractivity contribution < 1.29 is 4.79 Å². The minimum absolute atomic E-state index is 0.0195. The molecule has 0 saturated heterocycles. The first-order chi connectivity index (χ1) is 9.70. The Morgan fingerprint density at radius 2 is 1.75 bits per heavy atom. The van der Waals surface area contributed by atoms with Crippen molar-refractivity contribution in [2.75, 3.05) is 6.54 Å². The lowest BCUT2D eigenvalue weighted by Crippen LogP contribution is -2.27. The van der Waals surface area contributed by atoms with Gasteiger partial charge >= 0.3 is 0 Å². The molecule has 2 aromatic carbocycles. The zero-order valence-corrected chi connectivity index (χ0v) is 13.1. The monoisotopic (exact) mass is 331 g/mol. The van der Waals surface area contributed by atoms with Gasteiger partial charge in [0.2, 0.25) is 0 Å². The van der Waals surface area contributed by atoms with E-state index in [9.17, 15) is 4.79 Å². The Bertz CT molecular complexity index is 551. The molecule has 2 rings (SSSR count). The molecule has 0 spiro atoms. The highest BCUT2D eigenvalue weighted by Gasteiger charge is 2.09. The predicted octanol–water partition coefficient (Wildman–Crippen LogP) is 4.12. The summed E-state index contributed by atoms with van der Waals surface area (Å²) >= 11 is 3.39. The molecule has 3 heteroatoms. The summed E-state index contributed by atoms with van der Waals surface area (Å²) in [4.78, 5) is 12.1. The summed E-state index contributed by atoms with van der Waals surface area (Å²) < 4.78 is 0. The summed E-state index contributed by atoms with van der Waals surface area (Å²) in [6.07, 6.45) is 0. The van der Waals surface area contributed by atoms with E-state index in [2.05, 4.69) is 40.3 Å². The molecular weight excluding hydrogens is 314 g/mol. The van der Waals surface area contributed by atoms with Crippen LogP contribution in [-0.4, -0.2) is 12.5 Å². The molecular formula is C17H18BrNO. The van der Waals surface area contributed by atoms with Crippen LogP contribution >= 0.6 is 15.9 Å². The minimum Gasteiger partial charge on any atom is -0.351 e. The summed E-state index contributed by atoms with van der Waals surface area (Å²) in [6.45, 7) is 2.76. The number of carbonyl (C=O) groups is 1. The molecule has 20 heavy (non-hydrogen) atoms. The van der Waals surface area contributed by atoms with Gasteiger partial charge in [-0.25, -0.2) is 0 Å². The van der Waals surface area contributed by atoms with Crippen LogP contribution in [0.4, 0.5) is 0 Å². The van der Waals surface area contributed by atoms with Gasteiger partial charge in [0.25, 0.3) is 5.91 Å². The third-order valence-electron chi connectivity index (χ3n) is 3.31. The lowest BCUT2D eigenvalue weighted by Gasteiger charge is -2.13. The zero-order valence-electron chi connectivity index (χ0n) is 11.5. The van der Waals surface area contributed by atoms with Gasteiger partial charge in [-0.05, 0) is 29.2 Å². The molecule has 0 fully saturated rings. The maximum Gasteiger partial charge on any atom is 0.251 e. The van der Waals surface area contributed by atoms with E-state index in [0.29, 0.717) is 18.0 Å². The zero-order chi connectivity index (χ0) is 14.4. The van der Waals surface area contributed by atoms with Gasteiger partial charge in [-0.2, -0.15) is 0 Å². The standard InChI is InChI=1S/C17H18BrNO/c1-13(15-5-3-2-4-6-15)12-19-17(20)16-9-7-14(11-18)8-10-16/h2-10,13H,11-12H2,1H3,(H,19,20). The first kappa shape index (κ1) is 14.8. The molecule has 1 unspecified atom stereocenters. The summed E-state index contributed by atoms with van der Waals surface area (Å²) in [5.41, 5.74) is 3.11. The van der Waals surface area contributed by atoms with Crippen LogP contribution in [0.2, 0.25) is 0 Å². The summed E-state index contributed by atoms with van der Waals surface area (Å²) in [5, 5.41) is 3.79. The largest absolute Gasteiger partial charge is 0.351 e. The summed E-state index contributed by atoms with van der Waals surface area (Å²) in [6, 6.07) is 17.9. The molecule has 104 valence electrons. The van der Waals surface area contributed by atoms with Gasteiger partial charge in [-0.15, -0.1) is 0 Å². The number of nitrogens with one attached hydrogen (secondary N) is 1. The van der Waals surface area contributed by atoms with Gasteiger partial charge in [0.05, 0.1) is 0 Å². The molecule has 0 radical (unpaired) electrons. The van der Waals surface area contributed by atoms with Crippen molar-refractivity contribution in [1.82, 2.24) is 5.32 Å². The van der Waals surface area contributed by atoms with Crippen LogP contribution in [0.1, 0.15) is 34.3 Å². The number of hydrogen-bond acceptors (Lipinski definition) is 1. The van der Waals surface area contributed by atoms with Gasteiger partial charge in [0.15, 0.2) is 0 Å². The third kappa shape index (κ3) is 3.94. The lowest BCUT2D eigenvalue weighted by molar-refractivity contribution is 0.0951. The van der Waals surface area contributed by atoms with Gasteiger partial charge in [-0.3, -0.25) is 4.79 Å². The van der Waals surface area contributed by atoms with Gasteiger partial charge in [0, 0.05) is 17.4 Å². The van der Waals surface area contributed by atoms with Crippen LogP contribution < -0.4 is 5.32 Å². The molecule has 0 aliphatic heterocycles. The van der Waals surface area contributed by atoms with Gasteiger partial charge in [-0.1, -0.05) is 65.3 Å². The number of alkyl halides is 1. The van der Waals surface area contributed by atoms with Gasteiger partial charge < -0.3 is 5.32 Å². The van der Waals surface area contributed by atoms with Crippen LogP contribution in [0.5, 0.6) is 0 Å². The quantitative estimate of drug-likeness (QED) is 0.820. The highest BCUT2D eigenvalue weighted by molar-refractivity contribution is 9.08. The SMILES string of the molecule is CC(CNC(=O)c1ccc(CBr)cc1)c1ccccc1. The fourth-order valence-electron chi connectivity index (χ4n) is 1.99. The summed E-state index contributed by atoms with van der Waals surface area (Å²) in [5.74, 6) is 0.288. The van der Waals surface area contributed by atoms with Crippen molar-refractivity contribution >= 4 is 21.8 Å². The Kier molecular flexibility index (Phi) is 5.36. The molecule has 0 bridgehead atoms. The molecule has 0 aliphatic rings. The van der Waals surface area contributed by atoms with E-state index in [0.717, 1.165) is 5.33 Å². The first-order valence-corrected chi connectivity index (χ1v) is 7.81. The van der Waals surface area contributed by atoms with Crippen molar-refractivity contribution in [3.05, 3.63) is 71.3 Å². The van der Waals surface area contributed by atoms with Crippen LogP contribution in [-0.2, 0) is 5.33 Å². The van der Waals surface area contributed by atoms with Crippen LogP contribution in [0.3, 0.4) is 0 Å². The Morgan fingerprint density at radius 1 is 1.10 bits per heavy atom. The first-order valence-electron chi connectivity index (χ1n) is 6.68. The molecule has 0 saturated carbocycles. The highest BCUT2D eigenvalue weighted by Crippen LogP contribution is 2.13. The Labute approximate surface area is 128 Å². The van der Waals surface area contributed by atoms with E-state index < -0.39 is 0 Å². The number of carbonyl (C=O) groups excluding carboxylic acids is 1. The third-order valence-corrected chi connectivity index (χ3v) is 3.96. The molecule has 1 N–H and O–H groups in total. The number of hydrogen-bond donors (Lipinski definition) is 1. The molecule has 0 aliphatic carbocycles. The Balaban J connectivity index is 1.91. The molecule has 0 aromatic heterocycles. The van der Waals surface area contributed by atoms with Crippen molar-refractivity contribution in [3.63, 3.8) is 0 Å². The fourth-order valence-corrected chi connectivity index (χ4v) is 2.37. The number of halogens is 1. The van der Waals surface area contributed by atoms with Crippen molar-refractivity contribution in [3.8, 4) is 0 Å². The van der Waals surface area contributed by atoms with E-state index in [-0.39, 0.29) is 5.91 Å². The van der Waals surface area contributed by atoms with Crippen LogP contribution in [0, 0.1) is 0 Å². The second-order valence-corrected chi connectivity index (χ2v) is 5.41. The van der Waals surface area contributed by atoms with Crippen molar-refractivity contribution in [2.24, 2.45) is 0 Å². The van der Waals surface area contributed by atoms with Crippen molar-refractivity contribution in [1.29, 1.82) is 0 Å². The van der Waals surface area contributed by atoms with E-state index in [1.54, 1.807) is 0 Å². The number of amides is 1. The van der Waals surface area contributed by atoms with E-state index in [1.807, 2.05) is 42.5 Å². The fraction of sp³-hybridized carbons (Fsp3) is 0.235. The van der Waals surface area contributed by atoms with E-state index in [4.69, 9.17) is 0 Å². The van der Waals surface area contributed by atoms with Crippen LogP contribution in [0.15, 0.2) is 54.6 Å². The Hall–Kier alpha value is -1.61. The topological polar surface area (TPSA) is 29.1 Å². The second kappa shape index (κ2) is 7.25. The van der Waals surface area contributed by atoms with Crippen LogP contribution in [0.25, 0.3) is 0 Å².